The Bertz CT molecular complexity index is 630. The fourth-order valence-corrected chi connectivity index (χ4v) is 3.73. The van der Waals surface area contributed by atoms with Gasteiger partial charge < -0.3 is 14.9 Å². The molecule has 0 aromatic heterocycles. The van der Waals surface area contributed by atoms with Crippen LogP contribution in [0.3, 0.4) is 0 Å². The summed E-state index contributed by atoms with van der Waals surface area (Å²) in [4.78, 5) is 29.1. The average molecular weight is 314 g/mol. The summed E-state index contributed by atoms with van der Waals surface area (Å²) in [6.45, 7) is 6.02. The van der Waals surface area contributed by atoms with Crippen molar-refractivity contribution in [3.63, 3.8) is 0 Å². The Morgan fingerprint density at radius 1 is 1.35 bits per heavy atom. The molecule has 3 rings (SSSR count). The molecule has 1 N–H and O–H groups in total. The molecule has 0 saturated carbocycles. The number of nitrogens with zero attached hydrogens (tertiary/aromatic N) is 2. The highest BCUT2D eigenvalue weighted by atomic mass is 16.3. The molecule has 2 saturated heterocycles. The van der Waals surface area contributed by atoms with Crippen LogP contribution in [0.1, 0.15) is 18.9 Å². The number of piperazine rings is 1. The smallest absolute Gasteiger partial charge is 0.249 e. The van der Waals surface area contributed by atoms with Crippen molar-refractivity contribution in [2.24, 2.45) is 0 Å². The quantitative estimate of drug-likeness (QED) is 0.843. The molecule has 2 aliphatic rings. The van der Waals surface area contributed by atoms with Crippen LogP contribution in [-0.2, 0) is 16.0 Å². The second-order valence-corrected chi connectivity index (χ2v) is 6.53. The van der Waals surface area contributed by atoms with Gasteiger partial charge >= 0.3 is 0 Å². The van der Waals surface area contributed by atoms with Crippen LogP contribution in [0.15, 0.2) is 43.0 Å². The average Bonchev–Trinajstić information content (AvgIpc) is 2.86. The number of carbonyl (C=O) groups is 2. The third kappa shape index (κ3) is 2.55. The second kappa shape index (κ2) is 5.81. The first-order valence-corrected chi connectivity index (χ1v) is 7.93. The van der Waals surface area contributed by atoms with E-state index in [9.17, 15) is 14.7 Å². The molecule has 1 aromatic rings. The summed E-state index contributed by atoms with van der Waals surface area (Å²) < 4.78 is 0. The molecule has 2 unspecified atom stereocenters. The van der Waals surface area contributed by atoms with E-state index < -0.39 is 17.7 Å². The first-order chi connectivity index (χ1) is 11.0. The molecular weight excluding hydrogens is 292 g/mol. The molecule has 2 amide bonds. The van der Waals surface area contributed by atoms with Crippen molar-refractivity contribution in [3.05, 3.63) is 48.6 Å². The highest BCUT2D eigenvalue weighted by Crippen LogP contribution is 2.37. The van der Waals surface area contributed by atoms with E-state index in [1.54, 1.807) is 22.8 Å². The van der Waals surface area contributed by atoms with E-state index in [-0.39, 0.29) is 18.4 Å². The molecule has 2 aliphatic heterocycles. The molecule has 0 radical (unpaired) electrons. The fourth-order valence-electron chi connectivity index (χ4n) is 3.73. The minimum atomic E-state index is -0.938. The number of benzene rings is 1. The van der Waals surface area contributed by atoms with Gasteiger partial charge in [0.1, 0.15) is 11.6 Å². The zero-order chi connectivity index (χ0) is 16.6. The van der Waals surface area contributed by atoms with Crippen LogP contribution in [0.5, 0.6) is 0 Å². The predicted octanol–water partition coefficient (Wildman–Crippen LogP) is 0.978. The number of fused-ring (bicyclic) bond motifs is 1. The van der Waals surface area contributed by atoms with Gasteiger partial charge in [0.2, 0.25) is 11.8 Å². The Labute approximate surface area is 136 Å². The number of aliphatic hydroxyl groups is 1. The van der Waals surface area contributed by atoms with Gasteiger partial charge in [-0.1, -0.05) is 36.4 Å². The number of hydrogen-bond acceptors (Lipinski definition) is 3. The molecule has 0 aliphatic carbocycles. The summed E-state index contributed by atoms with van der Waals surface area (Å²) in [5, 5.41) is 9.97. The van der Waals surface area contributed by atoms with Crippen LogP contribution in [0.4, 0.5) is 0 Å². The van der Waals surface area contributed by atoms with Crippen LogP contribution in [0, 0.1) is 0 Å². The van der Waals surface area contributed by atoms with Gasteiger partial charge in [0.25, 0.3) is 0 Å². The molecule has 3 atom stereocenters. The standard InChI is InChI=1S/C18H22N2O3/c1-3-9-19-15(10-13-7-5-4-6-8-13)16(22)20-12-14(21)11-18(20,2)17(19)23/h3-8,14-15,21H,1,9-12H2,2H3/t14-,15?,18?/m1/s1. The van der Waals surface area contributed by atoms with Crippen molar-refractivity contribution in [2.75, 3.05) is 13.1 Å². The Morgan fingerprint density at radius 2 is 2.04 bits per heavy atom. The minimum Gasteiger partial charge on any atom is -0.391 e. The Balaban J connectivity index is 1.95. The van der Waals surface area contributed by atoms with E-state index in [1.807, 2.05) is 30.3 Å². The van der Waals surface area contributed by atoms with Gasteiger partial charge in [0.15, 0.2) is 0 Å². The van der Waals surface area contributed by atoms with E-state index in [4.69, 9.17) is 0 Å². The number of amides is 2. The Hall–Kier alpha value is -2.14. The molecule has 0 bridgehead atoms. The normalized spacial score (nSPS) is 30.5. The third-order valence-corrected chi connectivity index (χ3v) is 4.87. The maximum Gasteiger partial charge on any atom is 0.249 e. The van der Waals surface area contributed by atoms with E-state index in [0.717, 1.165) is 5.56 Å². The monoisotopic (exact) mass is 314 g/mol. The summed E-state index contributed by atoms with van der Waals surface area (Å²) in [5.74, 6) is -0.191. The molecule has 1 aromatic carbocycles. The van der Waals surface area contributed by atoms with Gasteiger partial charge in [-0.3, -0.25) is 9.59 Å². The summed E-state index contributed by atoms with van der Waals surface area (Å²) in [6, 6.07) is 9.14. The molecule has 0 spiro atoms. The third-order valence-electron chi connectivity index (χ3n) is 4.87. The maximum absolute atomic E-state index is 13.0. The summed E-state index contributed by atoms with van der Waals surface area (Å²) in [7, 11) is 0. The van der Waals surface area contributed by atoms with Crippen LogP contribution >= 0.6 is 0 Å². The van der Waals surface area contributed by atoms with Gasteiger partial charge in [0.05, 0.1) is 6.10 Å². The molecule has 2 fully saturated rings. The lowest BCUT2D eigenvalue weighted by Crippen LogP contribution is -2.68. The van der Waals surface area contributed by atoms with Crippen LogP contribution in [0.25, 0.3) is 0 Å². The molecule has 2 heterocycles. The molecule has 5 nitrogen and oxygen atoms in total. The van der Waals surface area contributed by atoms with Gasteiger partial charge in [-0.05, 0) is 12.5 Å². The summed E-state index contributed by atoms with van der Waals surface area (Å²) >= 11 is 0. The predicted molar refractivity (Wildman–Crippen MR) is 86.6 cm³/mol. The zero-order valence-corrected chi connectivity index (χ0v) is 13.3. The number of β-amino-alcohol motifs (C(OH)–C–C–N with tert-alkyl or cyclic N) is 1. The lowest BCUT2D eigenvalue weighted by Gasteiger charge is -2.47. The number of aliphatic hydroxyl groups excluding tert-OH is 1. The summed E-state index contributed by atoms with van der Waals surface area (Å²) in [6.07, 6.45) is 1.77. The molecule has 122 valence electrons. The van der Waals surface area contributed by atoms with Gasteiger partial charge in [-0.25, -0.2) is 0 Å². The topological polar surface area (TPSA) is 60.9 Å². The van der Waals surface area contributed by atoms with Crippen molar-refractivity contribution in [1.29, 1.82) is 0 Å². The molecule has 23 heavy (non-hydrogen) atoms. The van der Waals surface area contributed by atoms with Gasteiger partial charge in [-0.15, -0.1) is 6.58 Å². The van der Waals surface area contributed by atoms with Gasteiger partial charge in [0, 0.05) is 25.9 Å². The van der Waals surface area contributed by atoms with Crippen LogP contribution < -0.4 is 0 Å². The largest absolute Gasteiger partial charge is 0.391 e. The first kappa shape index (κ1) is 15.7. The number of rotatable bonds is 4. The van der Waals surface area contributed by atoms with Crippen LogP contribution in [-0.4, -0.2) is 57.5 Å². The lowest BCUT2D eigenvalue weighted by atomic mass is 9.89. The van der Waals surface area contributed by atoms with Crippen molar-refractivity contribution in [1.82, 2.24) is 9.80 Å². The molecular formula is C18H22N2O3. The number of hydrogen-bond donors (Lipinski definition) is 1. The Morgan fingerprint density at radius 3 is 2.70 bits per heavy atom. The van der Waals surface area contributed by atoms with E-state index in [0.29, 0.717) is 19.4 Å². The van der Waals surface area contributed by atoms with Crippen LogP contribution in [0.2, 0.25) is 0 Å². The van der Waals surface area contributed by atoms with E-state index >= 15 is 0 Å². The van der Waals surface area contributed by atoms with Gasteiger partial charge in [-0.2, -0.15) is 0 Å². The number of carbonyl (C=O) groups excluding carboxylic acids is 2. The first-order valence-electron chi connectivity index (χ1n) is 7.93. The second-order valence-electron chi connectivity index (χ2n) is 6.53. The zero-order valence-electron chi connectivity index (χ0n) is 13.3. The van der Waals surface area contributed by atoms with Crippen molar-refractivity contribution < 1.29 is 14.7 Å². The fraction of sp³-hybridized carbons (Fsp3) is 0.444. The maximum atomic E-state index is 13.0. The molecule has 5 heteroatoms. The van der Waals surface area contributed by atoms with Crippen molar-refractivity contribution >= 4 is 11.8 Å². The Kier molecular flexibility index (Phi) is 3.98. The highest BCUT2D eigenvalue weighted by Gasteiger charge is 2.57. The SMILES string of the molecule is C=CCN1C(=O)C2(C)C[C@@H](O)CN2C(=O)C1Cc1ccccc1. The minimum absolute atomic E-state index is 0.0886. The van der Waals surface area contributed by atoms with E-state index in [1.165, 1.54) is 0 Å². The highest BCUT2D eigenvalue weighted by molar-refractivity contribution is 6.00. The van der Waals surface area contributed by atoms with Crippen molar-refractivity contribution in [3.8, 4) is 0 Å². The van der Waals surface area contributed by atoms with E-state index in [2.05, 4.69) is 6.58 Å². The van der Waals surface area contributed by atoms with Crippen molar-refractivity contribution in [2.45, 2.75) is 37.5 Å². The lowest BCUT2D eigenvalue weighted by molar-refractivity contribution is -0.165. The summed E-state index contributed by atoms with van der Waals surface area (Å²) in [5.41, 5.74) is 0.0724.